The Kier molecular flexibility index (Phi) is 9.23. The third kappa shape index (κ3) is 7.03. The quantitative estimate of drug-likeness (QED) is 0.286. The average molecular weight is 496 g/mol. The molecule has 0 saturated heterocycles. The lowest BCUT2D eigenvalue weighted by atomic mass is 9.91. The maximum Gasteiger partial charge on any atom is 0.0823 e. The number of hydrogen-bond donors (Lipinski definition) is 0. The molecule has 1 heterocycles. The summed E-state index contributed by atoms with van der Waals surface area (Å²) in [6.07, 6.45) is 3.83. The van der Waals surface area contributed by atoms with Crippen LogP contribution in [0.1, 0.15) is 129 Å². The van der Waals surface area contributed by atoms with Gasteiger partial charge < -0.3 is 0 Å². The zero-order valence-corrected chi connectivity index (χ0v) is 24.8. The summed E-state index contributed by atoms with van der Waals surface area (Å²) in [5.74, 6) is 1.60. The zero-order valence-electron chi connectivity index (χ0n) is 24.8. The Morgan fingerprint density at radius 1 is 0.486 bits per heavy atom. The van der Waals surface area contributed by atoms with Crippen molar-refractivity contribution in [3.05, 3.63) is 86.7 Å². The molecule has 3 heteroatoms. The number of pyridine rings is 1. The Balaban J connectivity index is 2.05. The Labute approximate surface area is 225 Å². The fourth-order valence-corrected chi connectivity index (χ4v) is 4.85. The third-order valence-electron chi connectivity index (χ3n) is 6.78. The van der Waals surface area contributed by atoms with E-state index in [0.717, 1.165) is 28.3 Å². The predicted octanol–water partition coefficient (Wildman–Crippen LogP) is 10.0. The first-order chi connectivity index (χ1) is 17.4. The third-order valence-corrected chi connectivity index (χ3v) is 6.78. The Morgan fingerprint density at radius 2 is 0.757 bits per heavy atom. The van der Waals surface area contributed by atoms with E-state index in [4.69, 9.17) is 15.0 Å². The van der Waals surface area contributed by atoms with Crippen LogP contribution in [0, 0.1) is 20.8 Å². The summed E-state index contributed by atoms with van der Waals surface area (Å²) in [4.78, 5) is 14.9. The molecule has 0 atom stereocenters. The van der Waals surface area contributed by atoms with Crippen LogP contribution in [0.3, 0.4) is 0 Å². The molecule has 0 N–H and O–H groups in total. The van der Waals surface area contributed by atoms with Crippen molar-refractivity contribution >= 4 is 23.8 Å². The van der Waals surface area contributed by atoms with Crippen LogP contribution in [0.4, 0.5) is 11.4 Å². The van der Waals surface area contributed by atoms with Crippen molar-refractivity contribution in [1.82, 2.24) is 4.98 Å². The SMILES string of the molecule is Cc1cc(C=Nc2c(C(C)C)cc(C)cc2C(C)C)nc(C=Nc2c(C(C)C)cc(C)cc2C(C)C)c1. The molecule has 2 aromatic carbocycles. The second kappa shape index (κ2) is 12.0. The van der Waals surface area contributed by atoms with Crippen molar-refractivity contribution in [2.45, 2.75) is 99.8 Å². The highest BCUT2D eigenvalue weighted by Crippen LogP contribution is 2.37. The van der Waals surface area contributed by atoms with Crippen molar-refractivity contribution < 1.29 is 0 Å². The molecule has 3 nitrogen and oxygen atoms in total. The van der Waals surface area contributed by atoms with Gasteiger partial charge in [-0.1, -0.05) is 90.8 Å². The summed E-state index contributed by atoms with van der Waals surface area (Å²) < 4.78 is 0. The number of aromatic nitrogens is 1. The van der Waals surface area contributed by atoms with Gasteiger partial charge >= 0.3 is 0 Å². The molecule has 37 heavy (non-hydrogen) atoms. The van der Waals surface area contributed by atoms with Gasteiger partial charge in [-0.25, -0.2) is 4.98 Å². The van der Waals surface area contributed by atoms with Crippen LogP contribution in [-0.4, -0.2) is 17.4 Å². The predicted molar refractivity (Wildman–Crippen MR) is 162 cm³/mol. The van der Waals surface area contributed by atoms with E-state index in [-0.39, 0.29) is 0 Å². The second-order valence-corrected chi connectivity index (χ2v) is 11.7. The lowest BCUT2D eigenvalue weighted by Gasteiger charge is -2.18. The first-order valence-corrected chi connectivity index (χ1v) is 13.7. The maximum atomic E-state index is 5.01. The number of aryl methyl sites for hydroxylation is 3. The molecule has 0 aliphatic heterocycles. The summed E-state index contributed by atoms with van der Waals surface area (Å²) in [5, 5.41) is 0. The molecule has 3 aromatic rings. The molecular formula is C34H45N3. The molecule has 0 radical (unpaired) electrons. The van der Waals surface area contributed by atoms with Crippen molar-refractivity contribution in [3.63, 3.8) is 0 Å². The van der Waals surface area contributed by atoms with Gasteiger partial charge in [0, 0.05) is 0 Å². The van der Waals surface area contributed by atoms with Crippen molar-refractivity contribution in [3.8, 4) is 0 Å². The molecule has 196 valence electrons. The summed E-state index contributed by atoms with van der Waals surface area (Å²) in [6.45, 7) is 24.3. The molecule has 0 amide bonds. The highest BCUT2D eigenvalue weighted by atomic mass is 14.8. The Morgan fingerprint density at radius 3 is 1.03 bits per heavy atom. The minimum atomic E-state index is 0.400. The van der Waals surface area contributed by atoms with Crippen LogP contribution < -0.4 is 0 Å². The summed E-state index contributed by atoms with van der Waals surface area (Å²) in [5.41, 5.74) is 12.7. The molecule has 0 fully saturated rings. The van der Waals surface area contributed by atoms with Crippen LogP contribution in [0.15, 0.2) is 46.4 Å². The van der Waals surface area contributed by atoms with Crippen molar-refractivity contribution in [2.24, 2.45) is 9.98 Å². The van der Waals surface area contributed by atoms with Crippen LogP contribution in [-0.2, 0) is 0 Å². The standard InChI is InChI=1S/C34H45N3/c1-20(2)29-14-25(10)15-30(21(3)4)33(29)35-18-27-12-24(9)13-28(37-27)19-36-34-31(22(5)6)16-26(11)17-32(34)23(7)8/h12-23H,1-11H3. The number of aliphatic imine (C=N–C) groups is 2. The van der Waals surface area contributed by atoms with E-state index in [9.17, 15) is 0 Å². The monoisotopic (exact) mass is 495 g/mol. The zero-order chi connectivity index (χ0) is 27.4. The average Bonchev–Trinajstić information content (AvgIpc) is 2.80. The smallest absolute Gasteiger partial charge is 0.0823 e. The number of nitrogens with zero attached hydrogens (tertiary/aromatic N) is 3. The van der Waals surface area contributed by atoms with Gasteiger partial charge in [-0.3, -0.25) is 9.98 Å². The maximum absolute atomic E-state index is 5.01. The minimum absolute atomic E-state index is 0.400. The summed E-state index contributed by atoms with van der Waals surface area (Å²) >= 11 is 0. The van der Waals surface area contributed by atoms with Gasteiger partial charge in [0.05, 0.1) is 35.2 Å². The lowest BCUT2D eigenvalue weighted by molar-refractivity contribution is 0.832. The van der Waals surface area contributed by atoms with E-state index in [2.05, 4.69) is 113 Å². The fourth-order valence-electron chi connectivity index (χ4n) is 4.85. The van der Waals surface area contributed by atoms with Crippen LogP contribution in [0.5, 0.6) is 0 Å². The normalized spacial score (nSPS) is 12.4. The Bertz CT molecular complexity index is 1150. The Hall–Kier alpha value is -3.07. The van der Waals surface area contributed by atoms with Gasteiger partial charge in [-0.05, 0) is 84.4 Å². The van der Waals surface area contributed by atoms with E-state index in [1.54, 1.807) is 0 Å². The van der Waals surface area contributed by atoms with E-state index >= 15 is 0 Å². The molecule has 3 rings (SSSR count). The van der Waals surface area contributed by atoms with E-state index in [1.807, 2.05) is 12.4 Å². The largest absolute Gasteiger partial charge is 0.254 e. The topological polar surface area (TPSA) is 37.6 Å². The van der Waals surface area contributed by atoms with Gasteiger partial charge in [0.2, 0.25) is 0 Å². The molecule has 1 aromatic heterocycles. The fraction of sp³-hybridized carbons (Fsp3) is 0.441. The van der Waals surface area contributed by atoms with Gasteiger partial charge in [0.1, 0.15) is 0 Å². The number of rotatable bonds is 8. The van der Waals surface area contributed by atoms with Crippen LogP contribution in [0.25, 0.3) is 0 Å². The van der Waals surface area contributed by atoms with E-state index < -0.39 is 0 Å². The van der Waals surface area contributed by atoms with Crippen LogP contribution >= 0.6 is 0 Å². The number of benzene rings is 2. The molecule has 0 spiro atoms. The number of hydrogen-bond acceptors (Lipinski definition) is 3. The first-order valence-electron chi connectivity index (χ1n) is 13.7. The van der Waals surface area contributed by atoms with Gasteiger partial charge in [-0.15, -0.1) is 0 Å². The van der Waals surface area contributed by atoms with Gasteiger partial charge in [0.25, 0.3) is 0 Å². The van der Waals surface area contributed by atoms with Gasteiger partial charge in [0.15, 0.2) is 0 Å². The second-order valence-electron chi connectivity index (χ2n) is 11.7. The summed E-state index contributed by atoms with van der Waals surface area (Å²) in [6, 6.07) is 13.3. The van der Waals surface area contributed by atoms with Crippen LogP contribution in [0.2, 0.25) is 0 Å². The molecule has 0 aliphatic rings. The molecular weight excluding hydrogens is 450 g/mol. The van der Waals surface area contributed by atoms with E-state index in [1.165, 1.54) is 33.4 Å². The molecule has 0 aliphatic carbocycles. The minimum Gasteiger partial charge on any atom is -0.254 e. The van der Waals surface area contributed by atoms with Crippen molar-refractivity contribution in [2.75, 3.05) is 0 Å². The molecule has 0 saturated carbocycles. The highest BCUT2D eigenvalue weighted by molar-refractivity contribution is 5.85. The first kappa shape index (κ1) is 28.5. The van der Waals surface area contributed by atoms with Crippen molar-refractivity contribution in [1.29, 1.82) is 0 Å². The molecule has 0 unspecified atom stereocenters. The lowest BCUT2D eigenvalue weighted by Crippen LogP contribution is -2.00. The molecule has 0 bridgehead atoms. The van der Waals surface area contributed by atoms with E-state index in [0.29, 0.717) is 23.7 Å². The summed E-state index contributed by atoms with van der Waals surface area (Å²) in [7, 11) is 0. The highest BCUT2D eigenvalue weighted by Gasteiger charge is 2.16. The van der Waals surface area contributed by atoms with Gasteiger partial charge in [-0.2, -0.15) is 0 Å².